The molecule has 0 fully saturated rings. The van der Waals surface area contributed by atoms with Crippen LogP contribution in [0.5, 0.6) is 0 Å². The van der Waals surface area contributed by atoms with Crippen molar-refractivity contribution in [2.45, 2.75) is 13.1 Å². The lowest BCUT2D eigenvalue weighted by Gasteiger charge is -2.08. The van der Waals surface area contributed by atoms with Crippen molar-refractivity contribution in [1.82, 2.24) is 5.32 Å². The second kappa shape index (κ2) is 6.59. The normalized spacial score (nSPS) is 10.7. The lowest BCUT2D eigenvalue weighted by molar-refractivity contribution is 0.616. The van der Waals surface area contributed by atoms with E-state index >= 15 is 0 Å². The quantitative estimate of drug-likeness (QED) is 0.792. The van der Waals surface area contributed by atoms with Gasteiger partial charge in [0.2, 0.25) is 0 Å². The van der Waals surface area contributed by atoms with Crippen LogP contribution in [0.3, 0.4) is 0 Å². The number of halogens is 4. The second-order valence-corrected chi connectivity index (χ2v) is 5.78. The van der Waals surface area contributed by atoms with Gasteiger partial charge in [-0.3, -0.25) is 0 Å². The number of rotatable bonds is 4. The molecule has 100 valence electrons. The van der Waals surface area contributed by atoms with Gasteiger partial charge in [0.15, 0.2) is 0 Å². The fourth-order valence-corrected chi connectivity index (χ4v) is 2.55. The van der Waals surface area contributed by atoms with Gasteiger partial charge in [-0.1, -0.05) is 37.9 Å². The molecule has 1 nitrogen and oxygen atoms in total. The number of hydrogen-bond donors (Lipinski definition) is 1. The number of hydrogen-bond acceptors (Lipinski definition) is 1. The van der Waals surface area contributed by atoms with E-state index in [0.717, 1.165) is 20.1 Å². The van der Waals surface area contributed by atoms with Crippen molar-refractivity contribution in [3.63, 3.8) is 0 Å². The van der Waals surface area contributed by atoms with Crippen molar-refractivity contribution in [3.05, 3.63) is 68.1 Å². The van der Waals surface area contributed by atoms with Crippen LogP contribution in [0, 0.1) is 11.6 Å². The first kappa shape index (κ1) is 14.6. The van der Waals surface area contributed by atoms with Crippen molar-refractivity contribution in [2.24, 2.45) is 0 Å². The van der Waals surface area contributed by atoms with E-state index in [2.05, 4.69) is 37.2 Å². The van der Waals surface area contributed by atoms with Gasteiger partial charge in [-0.15, -0.1) is 0 Å². The fourth-order valence-electron chi connectivity index (χ4n) is 1.68. The van der Waals surface area contributed by atoms with E-state index in [1.54, 1.807) is 12.1 Å². The van der Waals surface area contributed by atoms with Gasteiger partial charge in [-0.2, -0.15) is 0 Å². The Balaban J connectivity index is 1.98. The van der Waals surface area contributed by atoms with Gasteiger partial charge < -0.3 is 5.32 Å². The Morgan fingerprint density at radius 1 is 0.789 bits per heavy atom. The van der Waals surface area contributed by atoms with Crippen molar-refractivity contribution in [1.29, 1.82) is 0 Å². The lowest BCUT2D eigenvalue weighted by atomic mass is 10.2. The third kappa shape index (κ3) is 4.09. The molecule has 0 aliphatic rings. The highest BCUT2D eigenvalue weighted by atomic mass is 79.9. The first-order valence-corrected chi connectivity index (χ1v) is 7.23. The summed E-state index contributed by atoms with van der Waals surface area (Å²) < 4.78 is 27.6. The number of benzene rings is 2. The van der Waals surface area contributed by atoms with E-state index in [9.17, 15) is 8.78 Å². The summed E-state index contributed by atoms with van der Waals surface area (Å²) >= 11 is 6.69. The summed E-state index contributed by atoms with van der Waals surface area (Å²) in [6.07, 6.45) is 0. The highest BCUT2D eigenvalue weighted by Gasteiger charge is 2.04. The summed E-state index contributed by atoms with van der Waals surface area (Å²) in [5.41, 5.74) is 1.80. The average molecular weight is 391 g/mol. The zero-order valence-electron chi connectivity index (χ0n) is 9.89. The van der Waals surface area contributed by atoms with Crippen LogP contribution in [-0.2, 0) is 13.1 Å². The van der Waals surface area contributed by atoms with Gasteiger partial charge >= 0.3 is 0 Å². The largest absolute Gasteiger partial charge is 0.309 e. The summed E-state index contributed by atoms with van der Waals surface area (Å²) in [4.78, 5) is 0. The van der Waals surface area contributed by atoms with Crippen molar-refractivity contribution < 1.29 is 8.78 Å². The monoisotopic (exact) mass is 389 g/mol. The van der Waals surface area contributed by atoms with Gasteiger partial charge in [0, 0.05) is 22.0 Å². The molecule has 0 aliphatic heterocycles. The Labute approximate surface area is 127 Å². The lowest BCUT2D eigenvalue weighted by Crippen LogP contribution is -2.13. The highest BCUT2D eigenvalue weighted by molar-refractivity contribution is 9.10. The summed E-state index contributed by atoms with van der Waals surface area (Å²) in [5, 5.41) is 3.20. The summed E-state index contributed by atoms with van der Waals surface area (Å²) in [6, 6.07) is 9.13. The molecule has 0 amide bonds. The molecule has 0 aromatic heterocycles. The van der Waals surface area contributed by atoms with Crippen LogP contribution in [0.1, 0.15) is 11.1 Å². The van der Waals surface area contributed by atoms with Gasteiger partial charge in [0.05, 0.1) is 0 Å². The Hall–Kier alpha value is -0.780. The van der Waals surface area contributed by atoms with Crippen molar-refractivity contribution in [3.8, 4) is 0 Å². The van der Waals surface area contributed by atoms with Crippen LogP contribution in [0.25, 0.3) is 0 Å². The molecule has 0 saturated heterocycles. The Morgan fingerprint density at radius 3 is 2.16 bits per heavy atom. The molecule has 1 N–H and O–H groups in total. The molecule has 19 heavy (non-hydrogen) atoms. The number of nitrogens with one attached hydrogen (secondary N) is 1. The van der Waals surface area contributed by atoms with Crippen LogP contribution in [0.4, 0.5) is 8.78 Å². The molecule has 2 rings (SSSR count). The molecule has 2 aromatic carbocycles. The summed E-state index contributed by atoms with van der Waals surface area (Å²) in [5.74, 6) is -0.536. The predicted molar refractivity (Wildman–Crippen MR) is 78.7 cm³/mol. The third-order valence-corrected chi connectivity index (χ3v) is 4.17. The first-order chi connectivity index (χ1) is 9.06. The molecular formula is C14H11Br2F2N. The molecule has 0 heterocycles. The second-order valence-electron chi connectivity index (χ2n) is 4.08. The van der Waals surface area contributed by atoms with Gasteiger partial charge in [-0.25, -0.2) is 8.78 Å². The third-order valence-electron chi connectivity index (χ3n) is 2.65. The van der Waals surface area contributed by atoms with E-state index in [4.69, 9.17) is 0 Å². The van der Waals surface area contributed by atoms with E-state index in [-0.39, 0.29) is 11.6 Å². The standard InChI is InChI=1S/C14H11Br2F2N/c15-13-4-3-11(17)5-10(13)8-19-7-9-1-2-12(18)6-14(9)16/h1-6,19H,7-8H2. The molecule has 0 saturated carbocycles. The van der Waals surface area contributed by atoms with Crippen LogP contribution in [-0.4, -0.2) is 0 Å². The van der Waals surface area contributed by atoms with Crippen LogP contribution < -0.4 is 5.32 Å². The molecule has 0 bridgehead atoms. The Bertz CT molecular complexity index is 588. The topological polar surface area (TPSA) is 12.0 Å². The molecule has 0 unspecified atom stereocenters. The van der Waals surface area contributed by atoms with E-state index in [1.165, 1.54) is 24.3 Å². The zero-order chi connectivity index (χ0) is 13.8. The summed E-state index contributed by atoms with van der Waals surface area (Å²) in [7, 11) is 0. The van der Waals surface area contributed by atoms with Crippen LogP contribution >= 0.6 is 31.9 Å². The summed E-state index contributed by atoms with van der Waals surface area (Å²) in [6.45, 7) is 1.10. The van der Waals surface area contributed by atoms with Gasteiger partial charge in [0.1, 0.15) is 11.6 Å². The van der Waals surface area contributed by atoms with E-state index in [0.29, 0.717) is 13.1 Å². The van der Waals surface area contributed by atoms with Crippen molar-refractivity contribution >= 4 is 31.9 Å². The maximum atomic E-state index is 13.1. The minimum absolute atomic E-state index is 0.261. The van der Waals surface area contributed by atoms with E-state index < -0.39 is 0 Å². The van der Waals surface area contributed by atoms with Gasteiger partial charge in [-0.05, 0) is 41.5 Å². The zero-order valence-corrected chi connectivity index (χ0v) is 13.1. The van der Waals surface area contributed by atoms with E-state index in [1.807, 2.05) is 0 Å². The molecule has 0 atom stereocenters. The molecule has 5 heteroatoms. The maximum Gasteiger partial charge on any atom is 0.124 e. The molecule has 0 spiro atoms. The Morgan fingerprint density at radius 2 is 1.42 bits per heavy atom. The van der Waals surface area contributed by atoms with Crippen LogP contribution in [0.15, 0.2) is 45.3 Å². The fraction of sp³-hybridized carbons (Fsp3) is 0.143. The highest BCUT2D eigenvalue weighted by Crippen LogP contribution is 2.20. The first-order valence-electron chi connectivity index (χ1n) is 5.65. The minimum Gasteiger partial charge on any atom is -0.309 e. The Kier molecular flexibility index (Phi) is 5.07. The maximum absolute atomic E-state index is 13.1. The minimum atomic E-state index is -0.275. The molecular weight excluding hydrogens is 380 g/mol. The molecule has 0 radical (unpaired) electrons. The molecule has 2 aromatic rings. The van der Waals surface area contributed by atoms with Crippen molar-refractivity contribution in [2.75, 3.05) is 0 Å². The van der Waals surface area contributed by atoms with Crippen LogP contribution in [0.2, 0.25) is 0 Å². The smallest absolute Gasteiger partial charge is 0.124 e. The average Bonchev–Trinajstić information content (AvgIpc) is 2.36. The van der Waals surface area contributed by atoms with Gasteiger partial charge in [0.25, 0.3) is 0 Å². The molecule has 0 aliphatic carbocycles. The SMILES string of the molecule is Fc1ccc(CNCc2cc(F)ccc2Br)c(Br)c1. The predicted octanol–water partition coefficient (Wildman–Crippen LogP) is 4.78.